The predicted octanol–water partition coefficient (Wildman–Crippen LogP) is 3.14. The van der Waals surface area contributed by atoms with Gasteiger partial charge in [-0.3, -0.25) is 10.3 Å². The Hall–Kier alpha value is -2.23. The molecule has 0 aromatic carbocycles. The first-order valence-electron chi connectivity index (χ1n) is 9.66. The number of cyclic esters (lactones) is 1. The van der Waals surface area contributed by atoms with Gasteiger partial charge in [-0.2, -0.15) is 0 Å². The molecule has 3 aliphatic rings. The third-order valence-electron chi connectivity index (χ3n) is 5.89. The highest BCUT2D eigenvalue weighted by molar-refractivity contribution is 7.96. The molecule has 0 fully saturated rings. The molecule has 158 valence electrons. The van der Waals surface area contributed by atoms with Crippen LogP contribution in [-0.4, -0.2) is 43.4 Å². The maximum Gasteiger partial charge on any atom is 0.414 e. The van der Waals surface area contributed by atoms with E-state index in [1.165, 1.54) is 12.1 Å². The number of ether oxygens (including phenoxy) is 1. The molecule has 2 N–H and O–H groups in total. The number of pyridine rings is 1. The second-order valence-electron chi connectivity index (χ2n) is 8.85. The van der Waals surface area contributed by atoms with Gasteiger partial charge in [0.1, 0.15) is 33.5 Å². The Bertz CT molecular complexity index is 1040. The molecule has 0 spiro atoms. The number of anilines is 1. The molecule has 0 radical (unpaired) electrons. The summed E-state index contributed by atoms with van der Waals surface area (Å²) in [7, 11) is -2.91. The van der Waals surface area contributed by atoms with Crippen molar-refractivity contribution in [3.05, 3.63) is 23.6 Å². The molecule has 0 unspecified atom stereocenters. The fourth-order valence-corrected chi connectivity index (χ4v) is 7.61. The van der Waals surface area contributed by atoms with Gasteiger partial charge < -0.3 is 10.1 Å². The van der Waals surface area contributed by atoms with E-state index in [1.54, 1.807) is 34.6 Å². The van der Waals surface area contributed by atoms with Crippen LogP contribution >= 0.6 is 0 Å². The van der Waals surface area contributed by atoms with Crippen LogP contribution in [0.3, 0.4) is 0 Å². The van der Waals surface area contributed by atoms with E-state index in [0.29, 0.717) is 18.8 Å². The van der Waals surface area contributed by atoms with Crippen LogP contribution < -0.4 is 10.6 Å². The van der Waals surface area contributed by atoms with E-state index in [4.69, 9.17) is 9.73 Å². The van der Waals surface area contributed by atoms with Crippen molar-refractivity contribution in [3.63, 3.8) is 0 Å². The highest BCUT2D eigenvalue weighted by Crippen LogP contribution is 2.47. The van der Waals surface area contributed by atoms with Gasteiger partial charge in [-0.1, -0.05) is 0 Å². The number of amides is 1. The minimum absolute atomic E-state index is 0.0808. The summed E-state index contributed by atoms with van der Waals surface area (Å²) in [4.78, 5) is 21.9. The number of halogens is 1. The standard InChI is InChI=1S/C19H26FN5O3S/c1-17(2)15-23-16(26)28-18(3,4)24-13-9-8-11(20)14(22-13)19(5,25-15)12-7-6-10-21-29(12,17)27/h8-9,12H,6-7,10H2,1-5H3,(H,22,24)(H,23,25,26)/t12-,19-,29+/m0/s1. The molecule has 4 rings (SSSR count). The van der Waals surface area contributed by atoms with Gasteiger partial charge in [0.05, 0.1) is 15.0 Å². The van der Waals surface area contributed by atoms with Gasteiger partial charge in [0.25, 0.3) is 0 Å². The molecule has 0 saturated heterocycles. The monoisotopic (exact) mass is 423 g/mol. The second-order valence-corrected chi connectivity index (χ2v) is 11.8. The third kappa shape index (κ3) is 2.91. The van der Waals surface area contributed by atoms with Gasteiger partial charge >= 0.3 is 6.09 Å². The Morgan fingerprint density at radius 3 is 2.69 bits per heavy atom. The number of carbonyl (C=O) groups is 1. The maximum atomic E-state index is 15.0. The first-order chi connectivity index (χ1) is 13.4. The Morgan fingerprint density at radius 1 is 1.24 bits per heavy atom. The lowest BCUT2D eigenvalue weighted by atomic mass is 9.89. The van der Waals surface area contributed by atoms with Crippen molar-refractivity contribution < 1.29 is 18.1 Å². The molecule has 1 amide bonds. The predicted molar refractivity (Wildman–Crippen MR) is 109 cm³/mol. The number of nitrogens with zero attached hydrogens (tertiary/aromatic N) is 3. The van der Waals surface area contributed by atoms with Crippen molar-refractivity contribution in [2.75, 3.05) is 11.9 Å². The van der Waals surface area contributed by atoms with Crippen LogP contribution in [0.25, 0.3) is 0 Å². The summed E-state index contributed by atoms with van der Waals surface area (Å²) < 4.78 is 38.2. The normalized spacial score (nSPS) is 34.8. The Morgan fingerprint density at radius 2 is 1.97 bits per heavy atom. The smallest absolute Gasteiger partial charge is 0.414 e. The van der Waals surface area contributed by atoms with Crippen LogP contribution in [0.2, 0.25) is 0 Å². The average Bonchev–Trinajstić information content (AvgIpc) is 2.61. The van der Waals surface area contributed by atoms with Crippen molar-refractivity contribution >= 4 is 27.5 Å². The number of alkyl carbamates (subject to hydrolysis) is 1. The first-order valence-corrected chi connectivity index (χ1v) is 11.2. The van der Waals surface area contributed by atoms with Gasteiger partial charge in [-0.05, 0) is 59.6 Å². The van der Waals surface area contributed by atoms with Crippen molar-refractivity contribution in [2.24, 2.45) is 9.36 Å². The van der Waals surface area contributed by atoms with Gasteiger partial charge in [-0.25, -0.2) is 22.7 Å². The SMILES string of the molecule is CC1(C)Nc2ccc(F)c(n2)[C@@]2(C)N=C(NC(=O)O1)C(C)(C)[S@@]1(=O)=NCCC[C@@H]21. The maximum absolute atomic E-state index is 15.0. The van der Waals surface area contributed by atoms with Crippen LogP contribution in [0.1, 0.15) is 53.2 Å². The van der Waals surface area contributed by atoms with E-state index in [2.05, 4.69) is 20.0 Å². The molecular formula is C19H26FN5O3S. The molecule has 4 heterocycles. The Kier molecular flexibility index (Phi) is 4.24. The van der Waals surface area contributed by atoms with Crippen molar-refractivity contribution in [3.8, 4) is 0 Å². The van der Waals surface area contributed by atoms with Crippen molar-refractivity contribution in [1.29, 1.82) is 0 Å². The zero-order valence-electron chi connectivity index (χ0n) is 17.2. The summed E-state index contributed by atoms with van der Waals surface area (Å²) in [6.45, 7) is 8.99. The van der Waals surface area contributed by atoms with E-state index < -0.39 is 42.9 Å². The van der Waals surface area contributed by atoms with Gasteiger partial charge in [0.2, 0.25) is 0 Å². The molecule has 1 aromatic heterocycles. The second kappa shape index (κ2) is 6.13. The average molecular weight is 424 g/mol. The van der Waals surface area contributed by atoms with Crippen molar-refractivity contribution in [2.45, 2.75) is 68.7 Å². The molecular weight excluding hydrogens is 397 g/mol. The summed E-state index contributed by atoms with van der Waals surface area (Å²) in [5.41, 5.74) is -2.29. The van der Waals surface area contributed by atoms with Crippen LogP contribution in [0, 0.1) is 5.82 Å². The number of hydrogen-bond acceptors (Lipinski definition) is 7. The molecule has 8 nitrogen and oxygen atoms in total. The van der Waals surface area contributed by atoms with Crippen LogP contribution in [0.4, 0.5) is 15.0 Å². The number of carbonyl (C=O) groups excluding carboxylic acids is 1. The number of amidine groups is 1. The Labute approximate surface area is 169 Å². The van der Waals surface area contributed by atoms with Gasteiger partial charge in [0, 0.05) is 6.54 Å². The van der Waals surface area contributed by atoms with E-state index in [0.717, 1.165) is 6.42 Å². The lowest BCUT2D eigenvalue weighted by Crippen LogP contribution is -2.62. The van der Waals surface area contributed by atoms with Crippen LogP contribution in [0.5, 0.6) is 0 Å². The molecule has 1 aromatic rings. The summed E-state index contributed by atoms with van der Waals surface area (Å²) in [6, 6.07) is 2.78. The van der Waals surface area contributed by atoms with Crippen LogP contribution in [-0.2, 0) is 20.0 Å². The first kappa shape index (κ1) is 20.1. The van der Waals surface area contributed by atoms with E-state index >= 15 is 4.39 Å². The van der Waals surface area contributed by atoms with Crippen LogP contribution in [0.15, 0.2) is 21.5 Å². The molecule has 4 bridgehead atoms. The van der Waals surface area contributed by atoms with E-state index in [1.807, 2.05) is 0 Å². The molecule has 3 aliphatic heterocycles. The number of rotatable bonds is 0. The topological polar surface area (TPSA) is 105 Å². The summed E-state index contributed by atoms with van der Waals surface area (Å²) in [5.74, 6) is -0.0400. The molecule has 29 heavy (non-hydrogen) atoms. The number of aliphatic imine (C=N–C) groups is 1. The summed E-state index contributed by atoms with van der Waals surface area (Å²) >= 11 is 0. The highest BCUT2D eigenvalue weighted by Gasteiger charge is 2.57. The number of fused-ring (bicyclic) bond motifs is 6. The lowest BCUT2D eigenvalue weighted by molar-refractivity contribution is 0.0623. The minimum atomic E-state index is -2.91. The zero-order valence-corrected chi connectivity index (χ0v) is 18.0. The lowest BCUT2D eigenvalue weighted by Gasteiger charge is -2.48. The third-order valence-corrected chi connectivity index (χ3v) is 9.58. The fourth-order valence-electron chi connectivity index (χ4n) is 4.35. The largest absolute Gasteiger partial charge is 0.423 e. The van der Waals surface area contributed by atoms with Gasteiger partial charge in [0.15, 0.2) is 5.72 Å². The number of hydrogen-bond donors (Lipinski definition) is 2. The van der Waals surface area contributed by atoms with E-state index in [-0.39, 0.29) is 11.5 Å². The zero-order chi connectivity index (χ0) is 21.2. The number of nitrogens with one attached hydrogen (secondary N) is 2. The number of aromatic nitrogens is 1. The van der Waals surface area contributed by atoms with Gasteiger partial charge in [-0.15, -0.1) is 0 Å². The highest BCUT2D eigenvalue weighted by atomic mass is 32.2. The molecule has 0 aliphatic carbocycles. The summed E-state index contributed by atoms with van der Waals surface area (Å²) in [5, 5.41) is 5.13. The quantitative estimate of drug-likeness (QED) is 0.667. The summed E-state index contributed by atoms with van der Waals surface area (Å²) in [6.07, 6.45) is 0.568. The Balaban J connectivity index is 2.05. The van der Waals surface area contributed by atoms with E-state index in [9.17, 15) is 9.00 Å². The molecule has 0 saturated carbocycles. The minimum Gasteiger partial charge on any atom is -0.423 e. The molecule has 10 heteroatoms. The molecule has 3 atom stereocenters. The fraction of sp³-hybridized carbons (Fsp3) is 0.632. The van der Waals surface area contributed by atoms with Crippen molar-refractivity contribution in [1.82, 2.24) is 10.3 Å².